The van der Waals surface area contributed by atoms with Crippen LogP contribution >= 0.6 is 0 Å². The molecule has 1 unspecified atom stereocenters. The number of nitrogens with one attached hydrogen (secondary N) is 1. The quantitative estimate of drug-likeness (QED) is 0.682. The summed E-state index contributed by atoms with van der Waals surface area (Å²) in [4.78, 5) is 24.2. The van der Waals surface area contributed by atoms with Crippen LogP contribution in [0.3, 0.4) is 0 Å². The van der Waals surface area contributed by atoms with E-state index < -0.39 is 0 Å². The van der Waals surface area contributed by atoms with Gasteiger partial charge in [0.05, 0.1) is 0 Å². The molecule has 15 heavy (non-hydrogen) atoms. The van der Waals surface area contributed by atoms with E-state index in [2.05, 4.69) is 5.32 Å². The molecule has 0 bridgehead atoms. The Bertz CT molecular complexity index is 274. The molecule has 4 nitrogen and oxygen atoms in total. The first kappa shape index (κ1) is 11.8. The van der Waals surface area contributed by atoms with E-state index in [0.29, 0.717) is 6.54 Å². The highest BCUT2D eigenvalue weighted by molar-refractivity contribution is 5.87. The van der Waals surface area contributed by atoms with Crippen molar-refractivity contribution < 1.29 is 9.59 Å². The molecule has 0 aromatic rings. The summed E-state index contributed by atoms with van der Waals surface area (Å²) in [6, 6.07) is 0.116. The first-order chi connectivity index (χ1) is 7.13. The van der Waals surface area contributed by atoms with Gasteiger partial charge in [0.25, 0.3) is 0 Å². The number of hydrogen-bond donors (Lipinski definition) is 1. The predicted octanol–water partition coefficient (Wildman–Crippen LogP) is 0.690. The first-order valence-electron chi connectivity index (χ1n) is 5.32. The highest BCUT2D eigenvalue weighted by Crippen LogP contribution is 2.10. The van der Waals surface area contributed by atoms with Crippen LogP contribution in [0.5, 0.6) is 0 Å². The minimum Gasteiger partial charge on any atom is -0.352 e. The van der Waals surface area contributed by atoms with Crippen LogP contribution in [-0.4, -0.2) is 35.8 Å². The lowest BCUT2D eigenvalue weighted by atomic mass is 10.1. The van der Waals surface area contributed by atoms with E-state index in [1.165, 1.54) is 6.92 Å². The molecule has 1 heterocycles. The fraction of sp³-hybridized carbons (Fsp3) is 0.636. The lowest BCUT2D eigenvalue weighted by Gasteiger charge is -2.32. The van der Waals surface area contributed by atoms with E-state index in [1.807, 2.05) is 6.92 Å². The second-order valence-corrected chi connectivity index (χ2v) is 3.82. The van der Waals surface area contributed by atoms with Gasteiger partial charge < -0.3 is 10.2 Å². The fourth-order valence-corrected chi connectivity index (χ4v) is 1.83. The van der Waals surface area contributed by atoms with Crippen LogP contribution in [0.2, 0.25) is 0 Å². The number of hydrogen-bond acceptors (Lipinski definition) is 2. The molecule has 0 aromatic carbocycles. The zero-order chi connectivity index (χ0) is 11.3. The number of piperidine rings is 1. The van der Waals surface area contributed by atoms with Crippen molar-refractivity contribution in [1.29, 1.82) is 0 Å². The maximum atomic E-state index is 11.6. The number of rotatable bonds is 2. The molecule has 0 aromatic heterocycles. The van der Waals surface area contributed by atoms with Gasteiger partial charge in [-0.2, -0.15) is 0 Å². The number of allylic oxidation sites excluding steroid dienone is 1. The molecular formula is C11H18N2O2. The molecular weight excluding hydrogens is 192 g/mol. The number of amides is 2. The van der Waals surface area contributed by atoms with E-state index >= 15 is 0 Å². The molecule has 0 saturated carbocycles. The topological polar surface area (TPSA) is 49.4 Å². The second-order valence-electron chi connectivity index (χ2n) is 3.82. The highest BCUT2D eigenvalue weighted by atomic mass is 16.2. The van der Waals surface area contributed by atoms with Crippen molar-refractivity contribution >= 4 is 11.8 Å². The van der Waals surface area contributed by atoms with Crippen molar-refractivity contribution in [1.82, 2.24) is 10.2 Å². The molecule has 0 aliphatic carbocycles. The molecule has 1 aliphatic heterocycles. The van der Waals surface area contributed by atoms with Crippen molar-refractivity contribution in [3.05, 3.63) is 12.2 Å². The molecule has 4 heteroatoms. The lowest BCUT2D eigenvalue weighted by Crippen LogP contribution is -2.48. The average molecular weight is 210 g/mol. The number of nitrogens with zero attached hydrogens (tertiary/aromatic N) is 1. The number of likely N-dealkylation sites (tertiary alicyclic amines) is 1. The Balaban J connectivity index is 2.48. The SMILES string of the molecule is CC=CC(=O)N1CCCC(NC(C)=O)C1. The van der Waals surface area contributed by atoms with Crippen LogP contribution in [0.25, 0.3) is 0 Å². The van der Waals surface area contributed by atoms with Gasteiger partial charge in [0.15, 0.2) is 0 Å². The van der Waals surface area contributed by atoms with Gasteiger partial charge in [-0.05, 0) is 25.8 Å². The first-order valence-corrected chi connectivity index (χ1v) is 5.32. The minimum atomic E-state index is -0.0275. The van der Waals surface area contributed by atoms with Crippen molar-refractivity contribution in [2.45, 2.75) is 32.7 Å². The van der Waals surface area contributed by atoms with Crippen LogP contribution in [0.15, 0.2) is 12.2 Å². The largest absolute Gasteiger partial charge is 0.352 e. The van der Waals surface area contributed by atoms with Gasteiger partial charge in [-0.15, -0.1) is 0 Å². The Morgan fingerprint density at radius 1 is 1.47 bits per heavy atom. The zero-order valence-electron chi connectivity index (χ0n) is 9.32. The standard InChI is InChI=1S/C11H18N2O2/c1-3-5-11(15)13-7-4-6-10(8-13)12-9(2)14/h3,5,10H,4,6-8H2,1-2H3,(H,12,14). The maximum Gasteiger partial charge on any atom is 0.246 e. The summed E-state index contributed by atoms with van der Waals surface area (Å²) in [6.45, 7) is 4.75. The molecule has 2 amide bonds. The Morgan fingerprint density at radius 2 is 2.20 bits per heavy atom. The van der Waals surface area contributed by atoms with Crippen molar-refractivity contribution in [3.63, 3.8) is 0 Å². The van der Waals surface area contributed by atoms with Gasteiger partial charge in [0.2, 0.25) is 11.8 Å². The zero-order valence-corrected chi connectivity index (χ0v) is 9.32. The van der Waals surface area contributed by atoms with Gasteiger partial charge in [-0.1, -0.05) is 6.08 Å². The third kappa shape index (κ3) is 3.73. The van der Waals surface area contributed by atoms with Crippen molar-refractivity contribution in [2.24, 2.45) is 0 Å². The smallest absolute Gasteiger partial charge is 0.246 e. The molecule has 1 aliphatic rings. The number of carbonyl (C=O) groups is 2. The van der Waals surface area contributed by atoms with E-state index in [-0.39, 0.29) is 17.9 Å². The summed E-state index contributed by atoms with van der Waals surface area (Å²) in [7, 11) is 0. The fourth-order valence-electron chi connectivity index (χ4n) is 1.83. The average Bonchev–Trinajstić information content (AvgIpc) is 2.17. The van der Waals surface area contributed by atoms with Crippen LogP contribution in [0.4, 0.5) is 0 Å². The van der Waals surface area contributed by atoms with Crippen molar-refractivity contribution in [2.75, 3.05) is 13.1 Å². The Morgan fingerprint density at radius 3 is 2.80 bits per heavy atom. The molecule has 1 atom stereocenters. The van der Waals surface area contributed by atoms with Gasteiger partial charge in [-0.25, -0.2) is 0 Å². The third-order valence-corrected chi connectivity index (χ3v) is 2.45. The van der Waals surface area contributed by atoms with E-state index in [0.717, 1.165) is 19.4 Å². The highest BCUT2D eigenvalue weighted by Gasteiger charge is 2.22. The van der Waals surface area contributed by atoms with Gasteiger partial charge in [0.1, 0.15) is 0 Å². The van der Waals surface area contributed by atoms with Crippen LogP contribution < -0.4 is 5.32 Å². The Kier molecular flexibility index (Phi) is 4.34. The summed E-state index contributed by atoms with van der Waals surface area (Å²) in [5, 5.41) is 2.85. The monoisotopic (exact) mass is 210 g/mol. The normalized spacial score (nSPS) is 21.7. The molecule has 1 saturated heterocycles. The number of carbonyl (C=O) groups excluding carboxylic acids is 2. The van der Waals surface area contributed by atoms with Gasteiger partial charge in [0, 0.05) is 26.1 Å². The lowest BCUT2D eigenvalue weighted by molar-refractivity contribution is -0.128. The third-order valence-electron chi connectivity index (χ3n) is 2.45. The van der Waals surface area contributed by atoms with Gasteiger partial charge >= 0.3 is 0 Å². The van der Waals surface area contributed by atoms with Crippen LogP contribution in [0, 0.1) is 0 Å². The van der Waals surface area contributed by atoms with E-state index in [4.69, 9.17) is 0 Å². The summed E-state index contributed by atoms with van der Waals surface area (Å²) in [6.07, 6.45) is 5.22. The molecule has 1 rings (SSSR count). The van der Waals surface area contributed by atoms with Crippen LogP contribution in [0.1, 0.15) is 26.7 Å². The summed E-state index contributed by atoms with van der Waals surface area (Å²) in [5.41, 5.74) is 0. The summed E-state index contributed by atoms with van der Waals surface area (Å²) < 4.78 is 0. The van der Waals surface area contributed by atoms with E-state index in [9.17, 15) is 9.59 Å². The second kappa shape index (κ2) is 5.53. The molecule has 1 N–H and O–H groups in total. The van der Waals surface area contributed by atoms with E-state index in [1.54, 1.807) is 17.1 Å². The predicted molar refractivity (Wildman–Crippen MR) is 58.2 cm³/mol. The maximum absolute atomic E-state index is 11.6. The molecule has 1 fully saturated rings. The molecule has 84 valence electrons. The summed E-state index contributed by atoms with van der Waals surface area (Å²) in [5.74, 6) is 0.00730. The minimum absolute atomic E-state index is 0.0275. The molecule has 0 spiro atoms. The van der Waals surface area contributed by atoms with Gasteiger partial charge in [-0.3, -0.25) is 9.59 Å². The summed E-state index contributed by atoms with van der Waals surface area (Å²) >= 11 is 0. The Labute approximate surface area is 90.3 Å². The molecule has 0 radical (unpaired) electrons. The van der Waals surface area contributed by atoms with Crippen molar-refractivity contribution in [3.8, 4) is 0 Å². The Hall–Kier alpha value is -1.32. The van der Waals surface area contributed by atoms with Crippen LogP contribution in [-0.2, 0) is 9.59 Å².